The summed E-state index contributed by atoms with van der Waals surface area (Å²) in [5.41, 5.74) is 2.23. The van der Waals surface area contributed by atoms with Gasteiger partial charge in [-0.3, -0.25) is 0 Å². The van der Waals surface area contributed by atoms with Crippen LogP contribution < -0.4 is 0 Å². The van der Waals surface area contributed by atoms with Crippen LogP contribution in [0.4, 0.5) is 0 Å². The average molecular weight is 244 g/mol. The number of allylic oxidation sites excluding steroid dienone is 3. The molecule has 0 radical (unpaired) electrons. The van der Waals surface area contributed by atoms with E-state index in [0.717, 1.165) is 23.7 Å². The van der Waals surface area contributed by atoms with Gasteiger partial charge in [-0.15, -0.1) is 6.58 Å². The molecular formula is C18H28. The molecule has 100 valence electrons. The van der Waals surface area contributed by atoms with Gasteiger partial charge in [0.1, 0.15) is 0 Å². The van der Waals surface area contributed by atoms with Gasteiger partial charge in [-0.05, 0) is 61.2 Å². The van der Waals surface area contributed by atoms with Gasteiger partial charge >= 0.3 is 0 Å². The molecule has 3 aliphatic carbocycles. The van der Waals surface area contributed by atoms with Crippen molar-refractivity contribution in [3.63, 3.8) is 0 Å². The van der Waals surface area contributed by atoms with Crippen molar-refractivity contribution < 1.29 is 0 Å². The molecule has 0 aromatic heterocycles. The molecule has 0 N–H and O–H groups in total. The Hall–Kier alpha value is -0.520. The third kappa shape index (κ3) is 1.98. The lowest BCUT2D eigenvalue weighted by molar-refractivity contribution is 0.114. The van der Waals surface area contributed by atoms with Crippen molar-refractivity contribution >= 4 is 0 Å². The van der Waals surface area contributed by atoms with E-state index in [1.165, 1.54) is 44.9 Å². The molecule has 0 heteroatoms. The van der Waals surface area contributed by atoms with Gasteiger partial charge in [-0.25, -0.2) is 0 Å². The Morgan fingerprint density at radius 1 is 1.28 bits per heavy atom. The molecule has 0 amide bonds. The van der Waals surface area contributed by atoms with E-state index >= 15 is 0 Å². The van der Waals surface area contributed by atoms with E-state index < -0.39 is 0 Å². The predicted octanol–water partition coefficient (Wildman–Crippen LogP) is 5.36. The van der Waals surface area contributed by atoms with Crippen molar-refractivity contribution in [2.75, 3.05) is 0 Å². The van der Waals surface area contributed by atoms with Crippen LogP contribution in [0.2, 0.25) is 0 Å². The highest BCUT2D eigenvalue weighted by atomic mass is 14.5. The van der Waals surface area contributed by atoms with Crippen LogP contribution in [0, 0.1) is 29.1 Å². The maximum atomic E-state index is 4.06. The summed E-state index contributed by atoms with van der Waals surface area (Å²) in [6.45, 7) is 8.94. The molecule has 0 aromatic rings. The second kappa shape index (κ2) is 4.54. The minimum Gasteiger partial charge on any atom is -0.103 e. The first-order valence-corrected chi connectivity index (χ1v) is 7.96. The van der Waals surface area contributed by atoms with Crippen LogP contribution in [0.3, 0.4) is 0 Å². The topological polar surface area (TPSA) is 0 Å². The fourth-order valence-electron chi connectivity index (χ4n) is 4.95. The van der Waals surface area contributed by atoms with Crippen molar-refractivity contribution in [3.8, 4) is 0 Å². The number of hydrogen-bond donors (Lipinski definition) is 0. The van der Waals surface area contributed by atoms with Gasteiger partial charge in [-0.1, -0.05) is 44.4 Å². The highest BCUT2D eigenvalue weighted by Gasteiger charge is 2.42. The summed E-state index contributed by atoms with van der Waals surface area (Å²) in [5.74, 6) is 3.81. The van der Waals surface area contributed by atoms with E-state index in [0.29, 0.717) is 5.41 Å². The van der Waals surface area contributed by atoms with E-state index in [9.17, 15) is 0 Å². The maximum Gasteiger partial charge on any atom is -0.0109 e. The van der Waals surface area contributed by atoms with E-state index in [-0.39, 0.29) is 0 Å². The van der Waals surface area contributed by atoms with Gasteiger partial charge < -0.3 is 0 Å². The lowest BCUT2D eigenvalue weighted by atomic mass is 9.57. The van der Waals surface area contributed by atoms with E-state index in [1.54, 1.807) is 0 Å². The minimum absolute atomic E-state index is 0.376. The SMILES string of the molecule is C=C[C@@]1(C)CC=C2C(CC[C@@H]3C(C)CCCC23)C1. The van der Waals surface area contributed by atoms with Crippen LogP contribution in [0.25, 0.3) is 0 Å². The largest absolute Gasteiger partial charge is 0.103 e. The van der Waals surface area contributed by atoms with E-state index in [4.69, 9.17) is 0 Å². The van der Waals surface area contributed by atoms with Crippen LogP contribution >= 0.6 is 0 Å². The summed E-state index contributed by atoms with van der Waals surface area (Å²) in [5, 5.41) is 0. The molecule has 3 unspecified atom stereocenters. The Morgan fingerprint density at radius 3 is 2.89 bits per heavy atom. The second-order valence-corrected chi connectivity index (χ2v) is 7.42. The van der Waals surface area contributed by atoms with Crippen LogP contribution in [0.15, 0.2) is 24.3 Å². The van der Waals surface area contributed by atoms with Gasteiger partial charge in [0, 0.05) is 0 Å². The summed E-state index contributed by atoms with van der Waals surface area (Å²) < 4.78 is 0. The first-order chi connectivity index (χ1) is 8.63. The van der Waals surface area contributed by atoms with Crippen molar-refractivity contribution in [2.24, 2.45) is 29.1 Å². The Morgan fingerprint density at radius 2 is 2.11 bits per heavy atom. The normalized spacial score (nSPS) is 47.8. The van der Waals surface area contributed by atoms with Crippen LogP contribution in [0.5, 0.6) is 0 Å². The number of hydrogen-bond acceptors (Lipinski definition) is 0. The van der Waals surface area contributed by atoms with Crippen molar-refractivity contribution in [1.82, 2.24) is 0 Å². The monoisotopic (exact) mass is 244 g/mol. The summed E-state index contributed by atoms with van der Waals surface area (Å²) in [6.07, 6.45) is 14.8. The molecule has 0 heterocycles. The predicted molar refractivity (Wildman–Crippen MR) is 78.3 cm³/mol. The highest BCUT2D eigenvalue weighted by Crippen LogP contribution is 2.53. The average Bonchev–Trinajstić information content (AvgIpc) is 2.38. The van der Waals surface area contributed by atoms with E-state index in [1.807, 2.05) is 5.57 Å². The highest BCUT2D eigenvalue weighted by molar-refractivity contribution is 5.22. The fraction of sp³-hybridized carbons (Fsp3) is 0.778. The Balaban J connectivity index is 1.85. The fourth-order valence-corrected chi connectivity index (χ4v) is 4.95. The quantitative estimate of drug-likeness (QED) is 0.545. The van der Waals surface area contributed by atoms with Crippen molar-refractivity contribution in [1.29, 1.82) is 0 Å². The molecule has 2 saturated carbocycles. The summed E-state index contributed by atoms with van der Waals surface area (Å²) in [4.78, 5) is 0. The zero-order valence-corrected chi connectivity index (χ0v) is 12.1. The van der Waals surface area contributed by atoms with Crippen LogP contribution in [0.1, 0.15) is 58.8 Å². The number of rotatable bonds is 1. The summed E-state index contributed by atoms with van der Waals surface area (Å²) in [6, 6.07) is 0. The Labute approximate surface area is 113 Å². The Bertz CT molecular complexity index is 364. The molecule has 5 atom stereocenters. The van der Waals surface area contributed by atoms with Crippen molar-refractivity contribution in [3.05, 3.63) is 24.3 Å². The zero-order valence-electron chi connectivity index (χ0n) is 12.1. The molecule has 0 aromatic carbocycles. The van der Waals surface area contributed by atoms with Crippen LogP contribution in [-0.4, -0.2) is 0 Å². The molecule has 0 nitrogen and oxygen atoms in total. The third-order valence-electron chi connectivity index (χ3n) is 6.18. The van der Waals surface area contributed by atoms with Gasteiger partial charge in [0.15, 0.2) is 0 Å². The maximum absolute atomic E-state index is 4.06. The molecule has 0 spiro atoms. The molecule has 2 fully saturated rings. The third-order valence-corrected chi connectivity index (χ3v) is 6.18. The molecule has 3 rings (SSSR count). The lowest BCUT2D eigenvalue weighted by Gasteiger charge is -2.48. The lowest BCUT2D eigenvalue weighted by Crippen LogP contribution is -2.38. The molecule has 18 heavy (non-hydrogen) atoms. The molecule has 0 bridgehead atoms. The van der Waals surface area contributed by atoms with Crippen molar-refractivity contribution in [2.45, 2.75) is 58.8 Å². The van der Waals surface area contributed by atoms with Gasteiger partial charge in [0.05, 0.1) is 0 Å². The van der Waals surface area contributed by atoms with Gasteiger partial charge in [-0.2, -0.15) is 0 Å². The van der Waals surface area contributed by atoms with Gasteiger partial charge in [0.2, 0.25) is 0 Å². The Kier molecular flexibility index (Phi) is 3.16. The van der Waals surface area contributed by atoms with Gasteiger partial charge in [0.25, 0.3) is 0 Å². The molecular weight excluding hydrogens is 216 g/mol. The molecule has 3 aliphatic rings. The first kappa shape index (κ1) is 12.5. The molecule has 0 aliphatic heterocycles. The summed E-state index contributed by atoms with van der Waals surface area (Å²) >= 11 is 0. The van der Waals surface area contributed by atoms with E-state index in [2.05, 4.69) is 32.6 Å². The number of fused-ring (bicyclic) bond motifs is 3. The smallest absolute Gasteiger partial charge is 0.0109 e. The summed E-state index contributed by atoms with van der Waals surface area (Å²) in [7, 11) is 0. The zero-order chi connectivity index (χ0) is 12.8. The first-order valence-electron chi connectivity index (χ1n) is 7.96. The van der Waals surface area contributed by atoms with Crippen LogP contribution in [-0.2, 0) is 0 Å². The molecule has 0 saturated heterocycles. The minimum atomic E-state index is 0.376. The second-order valence-electron chi connectivity index (χ2n) is 7.42. The standard InChI is InChI=1S/C18H28/c1-4-18(3)11-10-16-14(12-18)8-9-15-13(2)6-5-7-17(15)16/h4,10,13-15,17H,1,5-9,11-12H2,2-3H3/t13?,14?,15-,17?,18+/m1/s1.